The van der Waals surface area contributed by atoms with Crippen molar-refractivity contribution in [1.82, 2.24) is 5.32 Å². The molecule has 3 heteroatoms. The number of nitrogens with one attached hydrogen (secondary N) is 1. The van der Waals surface area contributed by atoms with Gasteiger partial charge in [-0.3, -0.25) is 0 Å². The number of hydrogen-bond donors (Lipinski definition) is 2. The third-order valence-electron chi connectivity index (χ3n) is 3.66. The van der Waals surface area contributed by atoms with Crippen LogP contribution >= 0.6 is 0 Å². The van der Waals surface area contributed by atoms with Gasteiger partial charge < -0.3 is 15.3 Å². The largest absolute Gasteiger partial charge is 0.395 e. The summed E-state index contributed by atoms with van der Waals surface area (Å²) < 4.78 is 0. The highest BCUT2D eigenvalue weighted by Gasteiger charge is 2.22. The van der Waals surface area contributed by atoms with Crippen molar-refractivity contribution in [2.45, 2.75) is 26.3 Å². The van der Waals surface area contributed by atoms with Gasteiger partial charge in [0.25, 0.3) is 0 Å². The van der Waals surface area contributed by atoms with Crippen molar-refractivity contribution in [2.24, 2.45) is 5.92 Å². The van der Waals surface area contributed by atoms with Crippen LogP contribution in [0.3, 0.4) is 0 Å². The van der Waals surface area contributed by atoms with E-state index in [4.69, 9.17) is 0 Å². The monoisotopic (exact) mass is 248 g/mol. The highest BCUT2D eigenvalue weighted by Crippen LogP contribution is 2.23. The van der Waals surface area contributed by atoms with Crippen molar-refractivity contribution in [3.05, 3.63) is 29.8 Å². The Labute approximate surface area is 110 Å². The first-order chi connectivity index (χ1) is 8.74. The maximum absolute atomic E-state index is 9.40. The van der Waals surface area contributed by atoms with Gasteiger partial charge >= 0.3 is 0 Å². The zero-order valence-electron chi connectivity index (χ0n) is 11.4. The zero-order valence-corrected chi connectivity index (χ0v) is 11.4. The molecule has 1 heterocycles. The molecule has 0 aromatic heterocycles. The molecule has 0 amide bonds. The summed E-state index contributed by atoms with van der Waals surface area (Å²) in [6, 6.07) is 8.79. The number of aliphatic hydroxyl groups excluding tert-OH is 1. The Morgan fingerprint density at radius 2 is 2.11 bits per heavy atom. The maximum Gasteiger partial charge on any atom is 0.0601 e. The molecule has 1 fully saturated rings. The smallest absolute Gasteiger partial charge is 0.0601 e. The number of aryl methyl sites for hydroxylation is 1. The minimum Gasteiger partial charge on any atom is -0.395 e. The van der Waals surface area contributed by atoms with E-state index >= 15 is 0 Å². The van der Waals surface area contributed by atoms with Crippen LogP contribution < -0.4 is 10.2 Å². The number of anilines is 1. The molecule has 100 valence electrons. The molecule has 1 saturated heterocycles. The molecule has 1 aliphatic rings. The van der Waals surface area contributed by atoms with Gasteiger partial charge in [0.1, 0.15) is 0 Å². The SMILES string of the molecule is CCc1ccccc1N1CC(C)CNC(CO)C1. The molecule has 2 N–H and O–H groups in total. The summed E-state index contributed by atoms with van der Waals surface area (Å²) in [7, 11) is 0. The van der Waals surface area contributed by atoms with E-state index in [9.17, 15) is 5.11 Å². The molecule has 2 rings (SSSR count). The second kappa shape index (κ2) is 6.21. The third-order valence-corrected chi connectivity index (χ3v) is 3.66. The molecule has 0 spiro atoms. The molecule has 1 aliphatic heterocycles. The fourth-order valence-corrected chi connectivity index (χ4v) is 2.65. The van der Waals surface area contributed by atoms with Gasteiger partial charge in [-0.05, 0) is 30.5 Å². The summed E-state index contributed by atoms with van der Waals surface area (Å²) in [4.78, 5) is 2.42. The predicted molar refractivity (Wildman–Crippen MR) is 76.1 cm³/mol. The van der Waals surface area contributed by atoms with Crippen LogP contribution in [0.4, 0.5) is 5.69 Å². The Balaban J connectivity index is 2.23. The summed E-state index contributed by atoms with van der Waals surface area (Å²) in [5.41, 5.74) is 2.72. The topological polar surface area (TPSA) is 35.5 Å². The van der Waals surface area contributed by atoms with E-state index in [1.807, 2.05) is 0 Å². The normalized spacial score (nSPS) is 24.9. The van der Waals surface area contributed by atoms with Crippen LogP contribution in [0, 0.1) is 5.92 Å². The quantitative estimate of drug-likeness (QED) is 0.854. The number of rotatable bonds is 3. The minimum atomic E-state index is 0.180. The van der Waals surface area contributed by atoms with Crippen molar-refractivity contribution < 1.29 is 5.11 Å². The Morgan fingerprint density at radius 3 is 2.83 bits per heavy atom. The molecule has 2 atom stereocenters. The molecule has 18 heavy (non-hydrogen) atoms. The van der Waals surface area contributed by atoms with Crippen LogP contribution in [-0.2, 0) is 6.42 Å². The minimum absolute atomic E-state index is 0.180. The zero-order chi connectivity index (χ0) is 13.0. The van der Waals surface area contributed by atoms with E-state index in [-0.39, 0.29) is 12.6 Å². The van der Waals surface area contributed by atoms with Gasteiger partial charge in [0.2, 0.25) is 0 Å². The lowest BCUT2D eigenvalue weighted by atomic mass is 10.1. The van der Waals surface area contributed by atoms with Crippen molar-refractivity contribution in [2.75, 3.05) is 31.1 Å². The number of aliphatic hydroxyl groups is 1. The average Bonchev–Trinajstić information content (AvgIpc) is 2.60. The van der Waals surface area contributed by atoms with Crippen molar-refractivity contribution in [3.8, 4) is 0 Å². The van der Waals surface area contributed by atoms with Gasteiger partial charge in [-0.2, -0.15) is 0 Å². The summed E-state index contributed by atoms with van der Waals surface area (Å²) in [5, 5.41) is 12.8. The molecule has 1 aromatic rings. The van der Waals surface area contributed by atoms with Crippen LogP contribution in [0.15, 0.2) is 24.3 Å². The lowest BCUT2D eigenvalue weighted by Gasteiger charge is -2.28. The molecule has 1 aromatic carbocycles. The van der Waals surface area contributed by atoms with Crippen molar-refractivity contribution in [3.63, 3.8) is 0 Å². The highest BCUT2D eigenvalue weighted by atomic mass is 16.3. The second-order valence-corrected chi connectivity index (χ2v) is 5.28. The molecule has 0 radical (unpaired) electrons. The van der Waals surface area contributed by atoms with E-state index in [1.165, 1.54) is 11.3 Å². The fourth-order valence-electron chi connectivity index (χ4n) is 2.65. The van der Waals surface area contributed by atoms with E-state index in [0.717, 1.165) is 26.1 Å². The van der Waals surface area contributed by atoms with Crippen molar-refractivity contribution >= 4 is 5.69 Å². The highest BCUT2D eigenvalue weighted by molar-refractivity contribution is 5.54. The molecule has 2 unspecified atom stereocenters. The van der Waals surface area contributed by atoms with Crippen LogP contribution in [0.2, 0.25) is 0 Å². The first-order valence-electron chi connectivity index (χ1n) is 6.91. The van der Waals surface area contributed by atoms with Crippen LogP contribution in [0.25, 0.3) is 0 Å². The molecular formula is C15H24N2O. The average molecular weight is 248 g/mol. The third kappa shape index (κ3) is 3.03. The summed E-state index contributed by atoms with van der Waals surface area (Å²) >= 11 is 0. The number of hydrogen-bond acceptors (Lipinski definition) is 3. The standard InChI is InChI=1S/C15H24N2O/c1-3-13-6-4-5-7-15(13)17-9-12(2)8-16-14(10-17)11-18/h4-7,12,14,16,18H,3,8-11H2,1-2H3. The first-order valence-corrected chi connectivity index (χ1v) is 6.91. The summed E-state index contributed by atoms with van der Waals surface area (Å²) in [5.74, 6) is 0.603. The molecular weight excluding hydrogens is 224 g/mol. The van der Waals surface area contributed by atoms with Crippen LogP contribution in [0.1, 0.15) is 19.4 Å². The summed E-state index contributed by atoms with van der Waals surface area (Å²) in [6.07, 6.45) is 1.05. The lowest BCUT2D eigenvalue weighted by Crippen LogP contribution is -2.40. The maximum atomic E-state index is 9.40. The van der Waals surface area contributed by atoms with Crippen LogP contribution in [-0.4, -0.2) is 37.4 Å². The van der Waals surface area contributed by atoms with Gasteiger partial charge in [-0.1, -0.05) is 32.0 Å². The van der Waals surface area contributed by atoms with Gasteiger partial charge in [0.05, 0.1) is 6.61 Å². The summed E-state index contributed by atoms with van der Waals surface area (Å²) in [6.45, 7) is 7.59. The Kier molecular flexibility index (Phi) is 4.61. The Morgan fingerprint density at radius 1 is 1.33 bits per heavy atom. The number of nitrogens with zero attached hydrogens (tertiary/aromatic N) is 1. The lowest BCUT2D eigenvalue weighted by molar-refractivity contribution is 0.247. The fraction of sp³-hybridized carbons (Fsp3) is 0.600. The van der Waals surface area contributed by atoms with Gasteiger partial charge in [-0.15, -0.1) is 0 Å². The molecule has 0 aliphatic carbocycles. The molecule has 0 saturated carbocycles. The van der Waals surface area contributed by atoms with E-state index in [2.05, 4.69) is 48.3 Å². The second-order valence-electron chi connectivity index (χ2n) is 5.28. The van der Waals surface area contributed by atoms with E-state index < -0.39 is 0 Å². The van der Waals surface area contributed by atoms with Gasteiger partial charge in [0, 0.05) is 24.8 Å². The van der Waals surface area contributed by atoms with Crippen molar-refractivity contribution in [1.29, 1.82) is 0 Å². The number of para-hydroxylation sites is 1. The van der Waals surface area contributed by atoms with Gasteiger partial charge in [-0.25, -0.2) is 0 Å². The molecule has 0 bridgehead atoms. The van der Waals surface area contributed by atoms with Gasteiger partial charge in [0.15, 0.2) is 0 Å². The first kappa shape index (κ1) is 13.4. The Hall–Kier alpha value is -1.06. The number of benzene rings is 1. The predicted octanol–water partition coefficient (Wildman–Crippen LogP) is 1.66. The molecule has 3 nitrogen and oxygen atoms in total. The van der Waals surface area contributed by atoms with Crippen LogP contribution in [0.5, 0.6) is 0 Å². The van der Waals surface area contributed by atoms with E-state index in [1.54, 1.807) is 0 Å². The van der Waals surface area contributed by atoms with E-state index in [0.29, 0.717) is 5.92 Å². The Bertz CT molecular complexity index is 381.